The molecule has 0 spiro atoms. The van der Waals surface area contributed by atoms with E-state index in [0.29, 0.717) is 44.6 Å². The van der Waals surface area contributed by atoms with Crippen molar-refractivity contribution in [2.24, 2.45) is 0 Å². The van der Waals surface area contributed by atoms with Crippen molar-refractivity contribution in [3.8, 4) is 0 Å². The summed E-state index contributed by atoms with van der Waals surface area (Å²) in [5.74, 6) is 1.00. The molecule has 0 aromatic carbocycles. The number of rotatable bonds is 9. The highest BCUT2D eigenvalue weighted by Gasteiger charge is 2.41. The highest BCUT2D eigenvalue weighted by molar-refractivity contribution is 8.00. The van der Waals surface area contributed by atoms with Gasteiger partial charge in [0.15, 0.2) is 0 Å². The number of esters is 2. The van der Waals surface area contributed by atoms with E-state index in [1.165, 1.54) is 0 Å². The molecule has 7 heteroatoms. The fourth-order valence-electron chi connectivity index (χ4n) is 2.15. The fraction of sp³-hybridized carbons (Fsp3) is 0.857. The minimum Gasteiger partial charge on any atom is -0.466 e. The summed E-state index contributed by atoms with van der Waals surface area (Å²) in [5, 5.41) is 0. The average molecular weight is 336 g/mol. The van der Waals surface area contributed by atoms with Crippen LogP contribution < -0.4 is 0 Å². The van der Waals surface area contributed by atoms with E-state index in [2.05, 4.69) is 12.6 Å². The molecule has 0 bridgehead atoms. The fourth-order valence-corrected chi connectivity index (χ4v) is 3.90. The summed E-state index contributed by atoms with van der Waals surface area (Å²) in [6, 6.07) is 0. The number of hydrogen-bond acceptors (Lipinski definition) is 7. The number of ether oxygens (including phenoxy) is 3. The van der Waals surface area contributed by atoms with Gasteiger partial charge in [0.05, 0.1) is 19.3 Å². The van der Waals surface area contributed by atoms with Crippen LogP contribution in [-0.2, 0) is 23.8 Å². The molecular weight excluding hydrogens is 312 g/mol. The van der Waals surface area contributed by atoms with Gasteiger partial charge >= 0.3 is 11.9 Å². The number of thiol groups is 1. The van der Waals surface area contributed by atoms with Crippen molar-refractivity contribution in [3.63, 3.8) is 0 Å². The molecule has 1 unspecified atom stereocenters. The van der Waals surface area contributed by atoms with E-state index in [1.54, 1.807) is 25.6 Å². The van der Waals surface area contributed by atoms with Gasteiger partial charge < -0.3 is 14.2 Å². The van der Waals surface area contributed by atoms with E-state index in [-0.39, 0.29) is 18.0 Å². The minimum absolute atomic E-state index is 0.0581. The smallest absolute Gasteiger partial charge is 0.305 e. The van der Waals surface area contributed by atoms with Crippen LogP contribution in [0.15, 0.2) is 0 Å². The van der Waals surface area contributed by atoms with Gasteiger partial charge in [0.2, 0.25) is 0 Å². The van der Waals surface area contributed by atoms with Crippen LogP contribution in [0.3, 0.4) is 0 Å². The Kier molecular flexibility index (Phi) is 8.51. The van der Waals surface area contributed by atoms with Crippen LogP contribution in [0.25, 0.3) is 0 Å². The second kappa shape index (κ2) is 9.58. The minimum atomic E-state index is -0.507. The first-order valence-electron chi connectivity index (χ1n) is 7.29. The van der Waals surface area contributed by atoms with Gasteiger partial charge in [0, 0.05) is 24.3 Å². The maximum Gasteiger partial charge on any atom is 0.305 e. The van der Waals surface area contributed by atoms with Gasteiger partial charge in [-0.15, -0.1) is 11.8 Å². The Morgan fingerprint density at radius 2 is 1.71 bits per heavy atom. The molecule has 122 valence electrons. The zero-order chi connectivity index (χ0) is 15.7. The predicted molar refractivity (Wildman–Crippen MR) is 85.6 cm³/mol. The quantitative estimate of drug-likeness (QED) is 0.515. The summed E-state index contributed by atoms with van der Waals surface area (Å²) in [6.45, 7) is 4.32. The summed E-state index contributed by atoms with van der Waals surface area (Å²) >= 11 is 5.91. The van der Waals surface area contributed by atoms with Gasteiger partial charge in [0.1, 0.15) is 4.93 Å². The molecule has 1 atom stereocenters. The van der Waals surface area contributed by atoms with Crippen LogP contribution >= 0.6 is 24.4 Å². The lowest BCUT2D eigenvalue weighted by Gasteiger charge is -2.28. The molecule has 0 saturated carbocycles. The third-order valence-electron chi connectivity index (χ3n) is 3.15. The molecule has 0 amide bonds. The van der Waals surface area contributed by atoms with E-state index in [0.717, 1.165) is 5.75 Å². The maximum absolute atomic E-state index is 11.5. The van der Waals surface area contributed by atoms with Crippen molar-refractivity contribution in [2.45, 2.75) is 50.6 Å². The second-order valence-corrected chi connectivity index (χ2v) is 6.49. The first-order valence-corrected chi connectivity index (χ1v) is 8.91. The van der Waals surface area contributed by atoms with Crippen LogP contribution in [0.1, 0.15) is 39.5 Å². The van der Waals surface area contributed by atoms with E-state index in [1.807, 2.05) is 0 Å². The molecule has 5 nitrogen and oxygen atoms in total. The lowest BCUT2D eigenvalue weighted by atomic mass is 10.1. The third kappa shape index (κ3) is 6.48. The molecule has 1 aliphatic rings. The summed E-state index contributed by atoms with van der Waals surface area (Å²) in [7, 11) is 0. The van der Waals surface area contributed by atoms with E-state index >= 15 is 0 Å². The second-order valence-electron chi connectivity index (χ2n) is 4.75. The van der Waals surface area contributed by atoms with Gasteiger partial charge in [-0.05, 0) is 26.7 Å². The monoisotopic (exact) mass is 336 g/mol. The molecular formula is C14H24O5S2. The van der Waals surface area contributed by atoms with E-state index < -0.39 is 4.93 Å². The molecule has 1 heterocycles. The maximum atomic E-state index is 11.5. The number of carbonyl (C=O) groups excluding carboxylic acids is 2. The summed E-state index contributed by atoms with van der Waals surface area (Å²) in [4.78, 5) is 22.6. The van der Waals surface area contributed by atoms with Gasteiger partial charge in [-0.25, -0.2) is 0 Å². The van der Waals surface area contributed by atoms with Crippen LogP contribution in [-0.4, -0.2) is 47.7 Å². The molecule has 0 aliphatic carbocycles. The normalized spacial score (nSPS) is 20.2. The average Bonchev–Trinajstić information content (AvgIpc) is 2.88. The van der Waals surface area contributed by atoms with Gasteiger partial charge in [-0.1, -0.05) is 0 Å². The lowest BCUT2D eigenvalue weighted by molar-refractivity contribution is -0.145. The van der Waals surface area contributed by atoms with Crippen LogP contribution in [0.5, 0.6) is 0 Å². The molecule has 0 aromatic rings. The predicted octanol–water partition coefficient (Wildman–Crippen LogP) is 2.43. The van der Waals surface area contributed by atoms with Crippen LogP contribution in [0.2, 0.25) is 0 Å². The SMILES string of the molecule is CCOC(=O)CCC1(CCC(=O)OCC)OC(CS)CS1. The summed E-state index contributed by atoms with van der Waals surface area (Å²) < 4.78 is 15.9. The third-order valence-corrected chi connectivity index (χ3v) is 5.12. The highest BCUT2D eigenvalue weighted by atomic mass is 32.2. The molecule has 1 fully saturated rings. The van der Waals surface area contributed by atoms with Crippen molar-refractivity contribution < 1.29 is 23.8 Å². The standard InChI is InChI=1S/C14H24O5S2/c1-3-17-12(15)5-7-14(8-6-13(16)18-4-2)19-11(9-20)10-21-14/h11,20H,3-10H2,1-2H3. The topological polar surface area (TPSA) is 61.8 Å². The van der Waals surface area contributed by atoms with Crippen LogP contribution in [0.4, 0.5) is 0 Å². The molecule has 0 radical (unpaired) electrons. The van der Waals surface area contributed by atoms with Crippen molar-refractivity contribution in [2.75, 3.05) is 24.7 Å². The first kappa shape index (κ1) is 18.6. The molecule has 21 heavy (non-hydrogen) atoms. The zero-order valence-corrected chi connectivity index (χ0v) is 14.3. The molecule has 1 aliphatic heterocycles. The Balaban J connectivity index is 2.54. The van der Waals surface area contributed by atoms with Crippen molar-refractivity contribution in [3.05, 3.63) is 0 Å². The summed E-state index contributed by atoms with van der Waals surface area (Å²) in [5.41, 5.74) is 0. The molecule has 1 saturated heterocycles. The Labute approximate surface area is 135 Å². The number of hydrogen-bond donors (Lipinski definition) is 1. The van der Waals surface area contributed by atoms with Gasteiger partial charge in [0.25, 0.3) is 0 Å². The van der Waals surface area contributed by atoms with Crippen molar-refractivity contribution in [1.29, 1.82) is 0 Å². The van der Waals surface area contributed by atoms with Crippen LogP contribution in [0, 0.1) is 0 Å². The van der Waals surface area contributed by atoms with Crippen molar-refractivity contribution >= 4 is 36.3 Å². The first-order chi connectivity index (χ1) is 10.0. The van der Waals surface area contributed by atoms with E-state index in [4.69, 9.17) is 14.2 Å². The van der Waals surface area contributed by atoms with Gasteiger partial charge in [-0.3, -0.25) is 9.59 Å². The number of thioether (sulfide) groups is 1. The Bertz CT molecular complexity index is 326. The largest absolute Gasteiger partial charge is 0.466 e. The van der Waals surface area contributed by atoms with E-state index in [9.17, 15) is 9.59 Å². The highest BCUT2D eigenvalue weighted by Crippen LogP contribution is 2.44. The lowest BCUT2D eigenvalue weighted by Crippen LogP contribution is -2.29. The summed E-state index contributed by atoms with van der Waals surface area (Å²) in [6.07, 6.45) is 1.73. The molecule has 1 rings (SSSR count). The van der Waals surface area contributed by atoms with Crippen molar-refractivity contribution in [1.82, 2.24) is 0 Å². The number of carbonyl (C=O) groups is 2. The Morgan fingerprint density at radius 3 is 2.10 bits per heavy atom. The molecule has 0 N–H and O–H groups in total. The Hall–Kier alpha value is -0.400. The molecule has 0 aromatic heterocycles. The zero-order valence-electron chi connectivity index (χ0n) is 12.6. The Morgan fingerprint density at radius 1 is 1.19 bits per heavy atom. The van der Waals surface area contributed by atoms with Gasteiger partial charge in [-0.2, -0.15) is 12.6 Å².